The van der Waals surface area contributed by atoms with Crippen LogP contribution in [0.1, 0.15) is 56.9 Å². The Morgan fingerprint density at radius 1 is 1.29 bits per heavy atom. The highest BCUT2D eigenvalue weighted by atomic mass is 16.6. The number of carbonyl (C=O) groups is 1. The highest BCUT2D eigenvalue weighted by Gasteiger charge is 2.24. The quantitative estimate of drug-likeness (QED) is 0.370. The van der Waals surface area contributed by atoms with Crippen LogP contribution >= 0.6 is 0 Å². The second kappa shape index (κ2) is 8.83. The van der Waals surface area contributed by atoms with E-state index in [1.165, 1.54) is 18.4 Å². The molecule has 0 radical (unpaired) electrons. The normalized spacial score (nSPS) is 18.2. The predicted molar refractivity (Wildman–Crippen MR) is 83.3 cm³/mol. The molecule has 0 N–H and O–H groups in total. The van der Waals surface area contributed by atoms with Gasteiger partial charge in [-0.1, -0.05) is 50.1 Å². The summed E-state index contributed by atoms with van der Waals surface area (Å²) in [5, 5.41) is 0. The van der Waals surface area contributed by atoms with E-state index in [4.69, 9.17) is 9.47 Å². The van der Waals surface area contributed by atoms with Crippen molar-refractivity contribution in [2.75, 3.05) is 13.2 Å². The van der Waals surface area contributed by atoms with Crippen LogP contribution in [-0.2, 0) is 14.3 Å². The maximum absolute atomic E-state index is 11.5. The predicted octanol–water partition coefficient (Wildman–Crippen LogP) is 4.07. The Morgan fingerprint density at radius 3 is 2.71 bits per heavy atom. The molecule has 3 heteroatoms. The summed E-state index contributed by atoms with van der Waals surface area (Å²) in [5.41, 5.74) is 1.42. The molecule has 116 valence electrons. The van der Waals surface area contributed by atoms with Gasteiger partial charge in [0.2, 0.25) is 0 Å². The van der Waals surface area contributed by atoms with Crippen LogP contribution in [0.15, 0.2) is 30.3 Å². The average molecular weight is 290 g/mol. The fourth-order valence-corrected chi connectivity index (χ4v) is 2.63. The lowest BCUT2D eigenvalue weighted by Gasteiger charge is -2.16. The molecule has 0 amide bonds. The topological polar surface area (TPSA) is 38.8 Å². The van der Waals surface area contributed by atoms with Gasteiger partial charge in [-0.25, -0.2) is 0 Å². The molecule has 0 saturated carbocycles. The molecule has 1 fully saturated rings. The van der Waals surface area contributed by atoms with Gasteiger partial charge in [0.15, 0.2) is 0 Å². The third kappa shape index (κ3) is 6.30. The summed E-state index contributed by atoms with van der Waals surface area (Å²) < 4.78 is 10.2. The molecule has 21 heavy (non-hydrogen) atoms. The van der Waals surface area contributed by atoms with Crippen molar-refractivity contribution in [3.05, 3.63) is 35.9 Å². The molecule has 1 saturated heterocycles. The van der Waals surface area contributed by atoms with E-state index in [9.17, 15) is 4.79 Å². The van der Waals surface area contributed by atoms with Crippen LogP contribution in [0.5, 0.6) is 0 Å². The Balaban J connectivity index is 1.63. The zero-order chi connectivity index (χ0) is 14.9. The minimum Gasteiger partial charge on any atom is -0.463 e. The third-order valence-electron chi connectivity index (χ3n) is 3.92. The second-order valence-electron chi connectivity index (χ2n) is 5.78. The van der Waals surface area contributed by atoms with E-state index in [0.29, 0.717) is 18.9 Å². The summed E-state index contributed by atoms with van der Waals surface area (Å²) in [6.07, 6.45) is 6.25. The zero-order valence-corrected chi connectivity index (χ0v) is 12.9. The number of epoxide rings is 1. The number of rotatable bonds is 10. The van der Waals surface area contributed by atoms with E-state index in [1.54, 1.807) is 0 Å². The molecule has 1 aromatic carbocycles. The van der Waals surface area contributed by atoms with E-state index >= 15 is 0 Å². The Labute approximate surface area is 127 Å². The van der Waals surface area contributed by atoms with Crippen molar-refractivity contribution in [1.82, 2.24) is 0 Å². The molecule has 0 aliphatic carbocycles. The molecular formula is C18H26O3. The zero-order valence-electron chi connectivity index (χ0n) is 12.9. The Kier molecular flexibility index (Phi) is 6.74. The Morgan fingerprint density at radius 2 is 2.05 bits per heavy atom. The monoisotopic (exact) mass is 290 g/mol. The standard InChI is InChI=1S/C18H26O3/c1-2-8-15(16-9-4-3-5-10-16)11-6-7-12-18(19)21-14-17-13-20-17/h3-5,9-10,15,17H,2,6-8,11-14H2,1H3. The summed E-state index contributed by atoms with van der Waals surface area (Å²) >= 11 is 0. The number of ether oxygens (including phenoxy) is 2. The van der Waals surface area contributed by atoms with Crippen molar-refractivity contribution in [2.45, 2.75) is 57.5 Å². The van der Waals surface area contributed by atoms with Crippen LogP contribution in [0.4, 0.5) is 0 Å². The van der Waals surface area contributed by atoms with Crippen molar-refractivity contribution >= 4 is 5.97 Å². The molecule has 0 spiro atoms. The second-order valence-corrected chi connectivity index (χ2v) is 5.78. The number of hydrogen-bond donors (Lipinski definition) is 0. The lowest BCUT2D eigenvalue weighted by Crippen LogP contribution is -2.09. The van der Waals surface area contributed by atoms with Crippen LogP contribution in [0, 0.1) is 0 Å². The number of unbranched alkanes of at least 4 members (excludes halogenated alkanes) is 1. The summed E-state index contributed by atoms with van der Waals surface area (Å²) in [6, 6.07) is 10.7. The van der Waals surface area contributed by atoms with E-state index in [0.717, 1.165) is 25.9 Å². The van der Waals surface area contributed by atoms with Gasteiger partial charge in [-0.3, -0.25) is 4.79 Å². The van der Waals surface area contributed by atoms with Crippen LogP contribution in [0.25, 0.3) is 0 Å². The molecule has 0 aromatic heterocycles. The minimum atomic E-state index is -0.0859. The Bertz CT molecular complexity index is 412. The first kappa shape index (κ1) is 16.0. The molecule has 1 aliphatic rings. The fourth-order valence-electron chi connectivity index (χ4n) is 2.63. The number of hydrogen-bond acceptors (Lipinski definition) is 3. The molecule has 2 atom stereocenters. The van der Waals surface area contributed by atoms with Crippen molar-refractivity contribution in [1.29, 1.82) is 0 Å². The lowest BCUT2D eigenvalue weighted by molar-refractivity contribution is -0.144. The van der Waals surface area contributed by atoms with Gasteiger partial charge in [-0.2, -0.15) is 0 Å². The summed E-state index contributed by atoms with van der Waals surface area (Å²) in [4.78, 5) is 11.5. The molecule has 1 aliphatic heterocycles. The molecule has 2 rings (SSSR count). The van der Waals surface area contributed by atoms with Crippen molar-refractivity contribution in [3.63, 3.8) is 0 Å². The summed E-state index contributed by atoms with van der Waals surface area (Å²) in [6.45, 7) is 3.40. The van der Waals surface area contributed by atoms with Crippen molar-refractivity contribution < 1.29 is 14.3 Å². The summed E-state index contributed by atoms with van der Waals surface area (Å²) in [7, 11) is 0. The highest BCUT2D eigenvalue weighted by Crippen LogP contribution is 2.27. The van der Waals surface area contributed by atoms with Gasteiger partial charge in [0.05, 0.1) is 6.61 Å². The lowest BCUT2D eigenvalue weighted by atomic mass is 9.89. The first-order valence-corrected chi connectivity index (χ1v) is 8.11. The maximum atomic E-state index is 11.5. The van der Waals surface area contributed by atoms with Gasteiger partial charge in [0.25, 0.3) is 0 Å². The first-order chi connectivity index (χ1) is 10.3. The molecule has 1 aromatic rings. The minimum absolute atomic E-state index is 0.0859. The van der Waals surface area contributed by atoms with Gasteiger partial charge < -0.3 is 9.47 Å². The molecular weight excluding hydrogens is 264 g/mol. The van der Waals surface area contributed by atoms with Crippen LogP contribution < -0.4 is 0 Å². The van der Waals surface area contributed by atoms with Crippen LogP contribution in [-0.4, -0.2) is 25.3 Å². The van der Waals surface area contributed by atoms with Gasteiger partial charge in [0, 0.05) is 6.42 Å². The molecule has 1 heterocycles. The molecule has 2 unspecified atom stereocenters. The van der Waals surface area contributed by atoms with Crippen LogP contribution in [0.3, 0.4) is 0 Å². The Hall–Kier alpha value is -1.35. The molecule has 0 bridgehead atoms. The van der Waals surface area contributed by atoms with Gasteiger partial charge in [0.1, 0.15) is 12.7 Å². The first-order valence-electron chi connectivity index (χ1n) is 8.11. The van der Waals surface area contributed by atoms with Crippen LogP contribution in [0.2, 0.25) is 0 Å². The van der Waals surface area contributed by atoms with E-state index < -0.39 is 0 Å². The fraction of sp³-hybridized carbons (Fsp3) is 0.611. The van der Waals surface area contributed by atoms with E-state index in [-0.39, 0.29) is 12.1 Å². The highest BCUT2D eigenvalue weighted by molar-refractivity contribution is 5.69. The number of benzene rings is 1. The maximum Gasteiger partial charge on any atom is 0.305 e. The summed E-state index contributed by atoms with van der Waals surface area (Å²) in [5.74, 6) is 0.532. The molecule has 3 nitrogen and oxygen atoms in total. The van der Waals surface area contributed by atoms with Gasteiger partial charge in [-0.05, 0) is 30.7 Å². The van der Waals surface area contributed by atoms with Crippen molar-refractivity contribution in [3.8, 4) is 0 Å². The SMILES string of the molecule is CCCC(CCCCC(=O)OCC1CO1)c1ccccc1. The smallest absolute Gasteiger partial charge is 0.305 e. The van der Waals surface area contributed by atoms with Gasteiger partial charge in [-0.15, -0.1) is 0 Å². The number of esters is 1. The van der Waals surface area contributed by atoms with E-state index in [2.05, 4.69) is 37.3 Å². The number of carbonyl (C=O) groups excluding carboxylic acids is 1. The largest absolute Gasteiger partial charge is 0.463 e. The third-order valence-corrected chi connectivity index (χ3v) is 3.92. The van der Waals surface area contributed by atoms with Gasteiger partial charge >= 0.3 is 5.97 Å². The average Bonchev–Trinajstić information content (AvgIpc) is 3.33. The van der Waals surface area contributed by atoms with E-state index in [1.807, 2.05) is 0 Å². The van der Waals surface area contributed by atoms with Crippen molar-refractivity contribution in [2.24, 2.45) is 0 Å².